The summed E-state index contributed by atoms with van der Waals surface area (Å²) in [4.78, 5) is 27.7. The molecule has 5 heteroatoms. The topological polar surface area (TPSA) is 37.1 Å². The van der Waals surface area contributed by atoms with Gasteiger partial charge in [-0.15, -0.1) is 0 Å². The lowest BCUT2D eigenvalue weighted by Gasteiger charge is -2.07. The Labute approximate surface area is 167 Å². The van der Waals surface area contributed by atoms with Gasteiger partial charge in [-0.25, -0.2) is 0 Å². The van der Waals surface area contributed by atoms with Gasteiger partial charge >= 0.3 is 0 Å². The summed E-state index contributed by atoms with van der Waals surface area (Å²) in [6, 6.07) is 22.5. The van der Waals surface area contributed by atoms with Gasteiger partial charge in [0.05, 0.1) is 16.6 Å². The maximum absolute atomic E-state index is 13.1. The number of carbonyl (C=O) groups is 2. The summed E-state index contributed by atoms with van der Waals surface area (Å²) in [5, 5.41) is 0.732. The highest BCUT2D eigenvalue weighted by molar-refractivity contribution is 6.36. The molecule has 27 heavy (non-hydrogen) atoms. The Hall–Kier alpha value is -2.62. The second-order valence-electron chi connectivity index (χ2n) is 6.37. The molecular formula is C22H15Cl2NO2. The third-order valence-electron chi connectivity index (χ3n) is 4.67. The van der Waals surface area contributed by atoms with E-state index in [0.29, 0.717) is 16.1 Å². The molecule has 3 aromatic rings. The first-order valence-electron chi connectivity index (χ1n) is 8.50. The summed E-state index contributed by atoms with van der Waals surface area (Å²) in [7, 11) is 0. The summed E-state index contributed by atoms with van der Waals surface area (Å²) in [5.41, 5.74) is 1.84. The van der Waals surface area contributed by atoms with E-state index in [4.69, 9.17) is 23.2 Å². The molecule has 4 rings (SSSR count). The molecule has 3 nitrogen and oxygen atoms in total. The van der Waals surface area contributed by atoms with Crippen molar-refractivity contribution in [2.75, 3.05) is 0 Å². The standard InChI is InChI=1S/C22H15Cl2NO2/c23-16-11-12-17(18(24)13-16)22(27)25-19(14-7-3-1-4-8-14)20(25)21(26)15-9-5-2-6-10-15/h1-13,19-20H. The lowest BCUT2D eigenvalue weighted by Crippen LogP contribution is -2.19. The van der Waals surface area contributed by atoms with Gasteiger partial charge < -0.3 is 4.90 Å². The summed E-state index contributed by atoms with van der Waals surface area (Å²) < 4.78 is 0. The predicted octanol–water partition coefficient (Wildman–Crippen LogP) is 5.44. The number of hydrogen-bond acceptors (Lipinski definition) is 2. The quantitative estimate of drug-likeness (QED) is 0.435. The monoisotopic (exact) mass is 395 g/mol. The number of Topliss-reactive ketones (excluding diaryl/α,β-unsaturated/α-hetero) is 1. The van der Waals surface area contributed by atoms with Crippen LogP contribution >= 0.6 is 23.2 Å². The molecule has 134 valence electrons. The Morgan fingerprint density at radius 2 is 1.44 bits per heavy atom. The highest BCUT2D eigenvalue weighted by Gasteiger charge is 2.56. The van der Waals surface area contributed by atoms with E-state index in [1.807, 2.05) is 48.5 Å². The number of halogens is 2. The fourth-order valence-corrected chi connectivity index (χ4v) is 3.81. The summed E-state index contributed by atoms with van der Waals surface area (Å²) in [5.74, 6) is -0.359. The molecule has 0 saturated carbocycles. The van der Waals surface area contributed by atoms with Crippen molar-refractivity contribution < 1.29 is 9.59 Å². The van der Waals surface area contributed by atoms with Crippen LogP contribution in [0.15, 0.2) is 78.9 Å². The molecule has 0 bridgehead atoms. The van der Waals surface area contributed by atoms with Crippen molar-refractivity contribution in [3.05, 3.63) is 106 Å². The van der Waals surface area contributed by atoms with Crippen LogP contribution in [0.2, 0.25) is 10.0 Å². The second kappa shape index (κ2) is 7.18. The van der Waals surface area contributed by atoms with Gasteiger partial charge in [-0.05, 0) is 23.8 Å². The zero-order valence-corrected chi connectivity index (χ0v) is 15.7. The maximum Gasteiger partial charge on any atom is 0.256 e. The van der Waals surface area contributed by atoms with Gasteiger partial charge in [-0.3, -0.25) is 9.59 Å². The summed E-state index contributed by atoms with van der Waals surface area (Å²) >= 11 is 12.2. The fraction of sp³-hybridized carbons (Fsp3) is 0.0909. The second-order valence-corrected chi connectivity index (χ2v) is 7.21. The van der Waals surface area contributed by atoms with E-state index >= 15 is 0 Å². The van der Waals surface area contributed by atoms with Crippen molar-refractivity contribution in [3.8, 4) is 0 Å². The van der Waals surface area contributed by atoms with E-state index in [1.54, 1.807) is 29.2 Å². The first kappa shape index (κ1) is 17.8. The van der Waals surface area contributed by atoms with Crippen molar-refractivity contribution in [2.24, 2.45) is 0 Å². The lowest BCUT2D eigenvalue weighted by molar-refractivity contribution is 0.0833. The first-order valence-corrected chi connectivity index (χ1v) is 9.25. The molecular weight excluding hydrogens is 381 g/mol. The van der Waals surface area contributed by atoms with Gasteiger partial charge in [0.2, 0.25) is 0 Å². The van der Waals surface area contributed by atoms with Gasteiger partial charge in [0.25, 0.3) is 5.91 Å². The Balaban J connectivity index is 1.70. The third-order valence-corrected chi connectivity index (χ3v) is 5.22. The van der Waals surface area contributed by atoms with Gasteiger partial charge in [-0.2, -0.15) is 0 Å². The van der Waals surface area contributed by atoms with E-state index in [1.165, 1.54) is 6.07 Å². The molecule has 3 aromatic carbocycles. The van der Waals surface area contributed by atoms with Crippen molar-refractivity contribution in [1.82, 2.24) is 4.90 Å². The number of amides is 1. The van der Waals surface area contributed by atoms with Crippen LogP contribution in [0.4, 0.5) is 0 Å². The average Bonchev–Trinajstić information content (AvgIpc) is 3.44. The predicted molar refractivity (Wildman–Crippen MR) is 106 cm³/mol. The van der Waals surface area contributed by atoms with E-state index in [2.05, 4.69) is 0 Å². The number of carbonyl (C=O) groups excluding carboxylic acids is 2. The molecule has 2 unspecified atom stereocenters. The highest BCUT2D eigenvalue weighted by atomic mass is 35.5. The third kappa shape index (κ3) is 3.36. The van der Waals surface area contributed by atoms with Crippen LogP contribution in [0.3, 0.4) is 0 Å². The molecule has 0 aliphatic carbocycles. The molecule has 1 aliphatic heterocycles. The molecule has 1 saturated heterocycles. The van der Waals surface area contributed by atoms with Crippen LogP contribution in [-0.2, 0) is 0 Å². The van der Waals surface area contributed by atoms with E-state index in [9.17, 15) is 9.59 Å². The molecule has 0 radical (unpaired) electrons. The molecule has 1 aliphatic rings. The minimum absolute atomic E-state index is 0.0807. The Kier molecular flexibility index (Phi) is 4.73. The minimum atomic E-state index is -0.547. The lowest BCUT2D eigenvalue weighted by atomic mass is 10.0. The van der Waals surface area contributed by atoms with E-state index in [-0.39, 0.29) is 22.8 Å². The van der Waals surface area contributed by atoms with Gasteiger partial charge in [0.15, 0.2) is 5.78 Å². The average molecular weight is 396 g/mol. The zero-order chi connectivity index (χ0) is 19.0. The number of rotatable bonds is 4. The van der Waals surface area contributed by atoms with Crippen LogP contribution in [0.5, 0.6) is 0 Å². The Morgan fingerprint density at radius 1 is 0.815 bits per heavy atom. The highest BCUT2D eigenvalue weighted by Crippen LogP contribution is 2.46. The van der Waals surface area contributed by atoms with Crippen LogP contribution in [0.1, 0.15) is 32.3 Å². The smallest absolute Gasteiger partial charge is 0.256 e. The minimum Gasteiger partial charge on any atom is -0.316 e. The normalized spacial score (nSPS) is 18.2. The van der Waals surface area contributed by atoms with Crippen molar-refractivity contribution >= 4 is 34.9 Å². The Bertz CT molecular complexity index is 1010. The van der Waals surface area contributed by atoms with E-state index in [0.717, 1.165) is 5.56 Å². The van der Waals surface area contributed by atoms with Crippen LogP contribution < -0.4 is 0 Å². The summed E-state index contributed by atoms with van der Waals surface area (Å²) in [6.07, 6.45) is 0. The van der Waals surface area contributed by atoms with Crippen LogP contribution in [0.25, 0.3) is 0 Å². The van der Waals surface area contributed by atoms with Gasteiger partial charge in [-0.1, -0.05) is 83.9 Å². The Morgan fingerprint density at radius 3 is 2.07 bits per heavy atom. The largest absolute Gasteiger partial charge is 0.316 e. The van der Waals surface area contributed by atoms with E-state index < -0.39 is 6.04 Å². The van der Waals surface area contributed by atoms with Crippen molar-refractivity contribution in [2.45, 2.75) is 12.1 Å². The molecule has 1 amide bonds. The first-order chi connectivity index (χ1) is 13.1. The van der Waals surface area contributed by atoms with Crippen LogP contribution in [0, 0.1) is 0 Å². The molecule has 0 N–H and O–H groups in total. The number of benzene rings is 3. The van der Waals surface area contributed by atoms with Gasteiger partial charge in [0, 0.05) is 10.6 Å². The van der Waals surface area contributed by atoms with Crippen molar-refractivity contribution in [1.29, 1.82) is 0 Å². The fourth-order valence-electron chi connectivity index (χ4n) is 3.32. The maximum atomic E-state index is 13.1. The SMILES string of the molecule is O=C(c1ccccc1)C1C(c2ccccc2)N1C(=O)c1ccc(Cl)cc1Cl. The molecule has 2 atom stereocenters. The van der Waals surface area contributed by atoms with Crippen LogP contribution in [-0.4, -0.2) is 22.6 Å². The van der Waals surface area contributed by atoms with Gasteiger partial charge in [0.1, 0.15) is 6.04 Å². The van der Waals surface area contributed by atoms with Crippen molar-refractivity contribution in [3.63, 3.8) is 0 Å². The molecule has 1 heterocycles. The molecule has 0 spiro atoms. The zero-order valence-electron chi connectivity index (χ0n) is 14.2. The summed E-state index contributed by atoms with van der Waals surface area (Å²) in [6.45, 7) is 0. The molecule has 1 fully saturated rings. The number of nitrogens with zero attached hydrogens (tertiary/aromatic N) is 1. The number of ketones is 1. The number of hydrogen-bond donors (Lipinski definition) is 0. The molecule has 0 aromatic heterocycles.